The molecule has 8 heteroatoms. The summed E-state index contributed by atoms with van der Waals surface area (Å²) in [6.45, 7) is 8.04. The molecule has 0 saturated carbocycles. The van der Waals surface area contributed by atoms with Gasteiger partial charge < -0.3 is 19.4 Å². The Balaban J connectivity index is 1.65. The van der Waals surface area contributed by atoms with E-state index in [-0.39, 0.29) is 29.8 Å². The van der Waals surface area contributed by atoms with Crippen LogP contribution in [0.2, 0.25) is 0 Å². The summed E-state index contributed by atoms with van der Waals surface area (Å²) in [5, 5.41) is 12.4. The Hall–Kier alpha value is -3.00. The molecular weight excluding hydrogens is 424 g/mol. The highest BCUT2D eigenvalue weighted by Crippen LogP contribution is 2.29. The quantitative estimate of drug-likeness (QED) is 0.436. The van der Waals surface area contributed by atoms with Crippen LogP contribution >= 0.6 is 11.8 Å². The number of carbonyl (C=O) groups is 1. The summed E-state index contributed by atoms with van der Waals surface area (Å²) in [6.07, 6.45) is -0.321. The molecule has 170 valence electrons. The van der Waals surface area contributed by atoms with Crippen LogP contribution in [0.1, 0.15) is 57.3 Å². The SMILES string of the molecule is COc1cccc(OC(C)c2nnc(SCC(=O)NC(C)c3ccccc3)n2C(C)C)c1. The minimum Gasteiger partial charge on any atom is -0.497 e. The second-order valence-electron chi connectivity index (χ2n) is 7.73. The van der Waals surface area contributed by atoms with Crippen molar-refractivity contribution in [2.75, 3.05) is 12.9 Å². The van der Waals surface area contributed by atoms with Crippen molar-refractivity contribution in [1.29, 1.82) is 0 Å². The van der Waals surface area contributed by atoms with E-state index in [2.05, 4.69) is 29.4 Å². The Morgan fingerprint density at radius 1 is 1.03 bits per heavy atom. The number of thioether (sulfide) groups is 1. The summed E-state index contributed by atoms with van der Waals surface area (Å²) in [4.78, 5) is 12.5. The molecule has 1 heterocycles. The van der Waals surface area contributed by atoms with E-state index in [9.17, 15) is 4.79 Å². The largest absolute Gasteiger partial charge is 0.497 e. The van der Waals surface area contributed by atoms with Crippen LogP contribution in [0.3, 0.4) is 0 Å². The molecule has 0 fully saturated rings. The van der Waals surface area contributed by atoms with Crippen molar-refractivity contribution in [1.82, 2.24) is 20.1 Å². The Labute approximate surface area is 193 Å². The average molecular weight is 455 g/mol. The van der Waals surface area contributed by atoms with Crippen molar-refractivity contribution in [3.63, 3.8) is 0 Å². The van der Waals surface area contributed by atoms with Gasteiger partial charge in [0.2, 0.25) is 5.91 Å². The molecule has 3 rings (SSSR count). The first kappa shape index (κ1) is 23.7. The van der Waals surface area contributed by atoms with E-state index in [1.54, 1.807) is 7.11 Å². The summed E-state index contributed by atoms with van der Waals surface area (Å²) in [5.74, 6) is 2.34. The zero-order valence-electron chi connectivity index (χ0n) is 19.1. The number of amides is 1. The summed E-state index contributed by atoms with van der Waals surface area (Å²) in [6, 6.07) is 17.4. The van der Waals surface area contributed by atoms with Gasteiger partial charge in [0, 0.05) is 12.1 Å². The molecule has 2 atom stereocenters. The van der Waals surface area contributed by atoms with E-state index in [0.29, 0.717) is 16.7 Å². The predicted octanol–water partition coefficient (Wildman–Crippen LogP) is 4.98. The maximum Gasteiger partial charge on any atom is 0.230 e. The molecule has 2 unspecified atom stereocenters. The molecular formula is C24H30N4O3S. The van der Waals surface area contributed by atoms with Gasteiger partial charge >= 0.3 is 0 Å². The van der Waals surface area contributed by atoms with Crippen LogP contribution in [0.4, 0.5) is 0 Å². The average Bonchev–Trinajstić information content (AvgIpc) is 3.23. The molecule has 0 aliphatic rings. The Morgan fingerprint density at radius 3 is 2.44 bits per heavy atom. The molecule has 1 amide bonds. The monoisotopic (exact) mass is 454 g/mol. The highest BCUT2D eigenvalue weighted by molar-refractivity contribution is 7.99. The lowest BCUT2D eigenvalue weighted by Crippen LogP contribution is -2.28. The van der Waals surface area contributed by atoms with Crippen LogP contribution in [-0.2, 0) is 4.79 Å². The van der Waals surface area contributed by atoms with E-state index in [1.807, 2.05) is 73.0 Å². The zero-order valence-corrected chi connectivity index (χ0v) is 19.9. The Morgan fingerprint density at radius 2 is 1.75 bits per heavy atom. The highest BCUT2D eigenvalue weighted by Gasteiger charge is 2.22. The van der Waals surface area contributed by atoms with Crippen LogP contribution in [-0.4, -0.2) is 33.5 Å². The summed E-state index contributed by atoms with van der Waals surface area (Å²) in [5.41, 5.74) is 1.07. The summed E-state index contributed by atoms with van der Waals surface area (Å²) < 4.78 is 13.4. The molecule has 0 bridgehead atoms. The van der Waals surface area contributed by atoms with Gasteiger partial charge in [-0.2, -0.15) is 0 Å². The first-order chi connectivity index (χ1) is 15.4. The van der Waals surface area contributed by atoms with Crippen molar-refractivity contribution in [2.24, 2.45) is 0 Å². The van der Waals surface area contributed by atoms with Crippen LogP contribution in [0, 0.1) is 0 Å². The van der Waals surface area contributed by atoms with E-state index in [4.69, 9.17) is 9.47 Å². The lowest BCUT2D eigenvalue weighted by molar-refractivity contribution is -0.119. The molecule has 1 N–H and O–H groups in total. The van der Waals surface area contributed by atoms with Crippen molar-refractivity contribution >= 4 is 17.7 Å². The van der Waals surface area contributed by atoms with Gasteiger partial charge in [0.05, 0.1) is 18.9 Å². The van der Waals surface area contributed by atoms with Crippen molar-refractivity contribution in [3.05, 3.63) is 66.0 Å². The van der Waals surface area contributed by atoms with Crippen LogP contribution in [0.25, 0.3) is 0 Å². The van der Waals surface area contributed by atoms with Gasteiger partial charge in [-0.15, -0.1) is 10.2 Å². The summed E-state index contributed by atoms with van der Waals surface area (Å²) >= 11 is 1.37. The van der Waals surface area contributed by atoms with Gasteiger partial charge in [0.15, 0.2) is 17.1 Å². The standard InChI is InChI=1S/C24H30N4O3S/c1-16(2)28-23(18(4)31-21-13-9-12-20(14-21)30-5)26-27-24(28)32-15-22(29)25-17(3)19-10-7-6-8-11-19/h6-14,16-18H,15H2,1-5H3,(H,25,29). The number of rotatable bonds is 10. The fourth-order valence-electron chi connectivity index (χ4n) is 3.32. The number of hydrogen-bond acceptors (Lipinski definition) is 6. The minimum atomic E-state index is -0.321. The van der Waals surface area contributed by atoms with Crippen LogP contribution in [0.5, 0.6) is 11.5 Å². The number of carbonyl (C=O) groups excluding carboxylic acids is 1. The molecule has 0 spiro atoms. The van der Waals surface area contributed by atoms with Gasteiger partial charge in [-0.25, -0.2) is 0 Å². The van der Waals surface area contributed by atoms with E-state index < -0.39 is 0 Å². The molecule has 0 saturated heterocycles. The second kappa shape index (κ2) is 11.0. The number of ether oxygens (including phenoxy) is 2. The number of nitrogens with one attached hydrogen (secondary N) is 1. The summed E-state index contributed by atoms with van der Waals surface area (Å²) in [7, 11) is 1.62. The normalized spacial score (nSPS) is 12.9. The van der Waals surface area contributed by atoms with Gasteiger partial charge in [-0.05, 0) is 45.4 Å². The molecule has 0 aliphatic carbocycles. The molecule has 7 nitrogen and oxygen atoms in total. The number of benzene rings is 2. The molecule has 3 aromatic rings. The number of aromatic nitrogens is 3. The number of nitrogens with zero attached hydrogens (tertiary/aromatic N) is 3. The van der Waals surface area contributed by atoms with Crippen LogP contribution < -0.4 is 14.8 Å². The topological polar surface area (TPSA) is 78.3 Å². The fraction of sp³-hybridized carbons (Fsp3) is 0.375. The van der Waals surface area contributed by atoms with Crippen molar-refractivity contribution < 1.29 is 14.3 Å². The molecule has 2 aromatic carbocycles. The van der Waals surface area contributed by atoms with Gasteiger partial charge in [0.1, 0.15) is 11.5 Å². The second-order valence-corrected chi connectivity index (χ2v) is 8.67. The number of hydrogen-bond donors (Lipinski definition) is 1. The first-order valence-electron chi connectivity index (χ1n) is 10.6. The minimum absolute atomic E-state index is 0.0492. The Kier molecular flexibility index (Phi) is 8.16. The zero-order chi connectivity index (χ0) is 23.1. The third kappa shape index (κ3) is 6.03. The van der Waals surface area contributed by atoms with E-state index in [1.165, 1.54) is 11.8 Å². The smallest absolute Gasteiger partial charge is 0.230 e. The lowest BCUT2D eigenvalue weighted by Gasteiger charge is -2.19. The first-order valence-corrected chi connectivity index (χ1v) is 11.6. The van der Waals surface area contributed by atoms with E-state index >= 15 is 0 Å². The lowest BCUT2D eigenvalue weighted by atomic mass is 10.1. The highest BCUT2D eigenvalue weighted by atomic mass is 32.2. The van der Waals surface area contributed by atoms with Gasteiger partial charge in [0.25, 0.3) is 0 Å². The Bertz CT molecular complexity index is 1020. The fourth-order valence-corrected chi connectivity index (χ4v) is 4.20. The predicted molar refractivity (Wildman–Crippen MR) is 126 cm³/mol. The maximum atomic E-state index is 12.5. The molecule has 32 heavy (non-hydrogen) atoms. The van der Waals surface area contributed by atoms with Gasteiger partial charge in [-0.3, -0.25) is 4.79 Å². The van der Waals surface area contributed by atoms with Crippen LogP contribution in [0.15, 0.2) is 59.8 Å². The van der Waals surface area contributed by atoms with Crippen molar-refractivity contribution in [3.8, 4) is 11.5 Å². The third-order valence-corrected chi connectivity index (χ3v) is 5.88. The van der Waals surface area contributed by atoms with Gasteiger partial charge in [-0.1, -0.05) is 48.2 Å². The molecule has 1 aromatic heterocycles. The number of methoxy groups -OCH3 is 1. The molecule has 0 aliphatic heterocycles. The third-order valence-electron chi connectivity index (χ3n) is 4.93. The maximum absolute atomic E-state index is 12.5. The van der Waals surface area contributed by atoms with E-state index in [0.717, 1.165) is 11.3 Å². The van der Waals surface area contributed by atoms with Crippen molar-refractivity contribution in [2.45, 2.75) is 51.0 Å². The molecule has 0 radical (unpaired) electrons.